The van der Waals surface area contributed by atoms with Crippen molar-refractivity contribution in [3.63, 3.8) is 0 Å². The number of benzene rings is 1. The summed E-state index contributed by atoms with van der Waals surface area (Å²) in [5.41, 5.74) is 1.33. The fourth-order valence-electron chi connectivity index (χ4n) is 4.25. The third-order valence-corrected chi connectivity index (χ3v) is 6.26. The van der Waals surface area contributed by atoms with Crippen LogP contribution in [0.3, 0.4) is 0 Å². The van der Waals surface area contributed by atoms with Crippen LogP contribution in [-0.4, -0.2) is 39.8 Å². The molecule has 1 aromatic heterocycles. The maximum absolute atomic E-state index is 13.0. The van der Waals surface area contributed by atoms with Crippen LogP contribution in [-0.2, 0) is 9.59 Å². The molecule has 0 radical (unpaired) electrons. The molecule has 1 N–H and O–H groups in total. The Bertz CT molecular complexity index is 984. The third-order valence-electron chi connectivity index (χ3n) is 5.65. The van der Waals surface area contributed by atoms with Gasteiger partial charge in [0.15, 0.2) is 0 Å². The van der Waals surface area contributed by atoms with Gasteiger partial charge in [0.05, 0.1) is 23.2 Å². The highest BCUT2D eigenvalue weighted by Gasteiger charge is 2.49. The van der Waals surface area contributed by atoms with Gasteiger partial charge < -0.3 is 14.7 Å². The van der Waals surface area contributed by atoms with Gasteiger partial charge in [-0.2, -0.15) is 0 Å². The fraction of sp³-hybridized carbons (Fsp3) is 0.318. The highest BCUT2D eigenvalue weighted by atomic mass is 79.9. The molecule has 0 spiro atoms. The Labute approximate surface area is 177 Å². The van der Waals surface area contributed by atoms with Crippen LogP contribution in [0, 0.1) is 0 Å². The molecule has 0 bridgehead atoms. The van der Waals surface area contributed by atoms with Gasteiger partial charge in [0.2, 0.25) is 0 Å². The maximum atomic E-state index is 13.0. The Morgan fingerprint density at radius 2 is 1.86 bits per heavy atom. The standard InChI is InChI=1S/C22H21BrN2O4/c1-29-17-7-6-14(12-16(17)23)20(26)18-19(13-8-10-24-11-9-13)25(22(28)21(18)27)15-4-2-3-5-15/h6-12,15,19,26H,2-5H2,1H3/b20-18-. The summed E-state index contributed by atoms with van der Waals surface area (Å²) in [4.78, 5) is 31.7. The zero-order chi connectivity index (χ0) is 20.5. The second-order valence-corrected chi connectivity index (χ2v) is 8.13. The predicted octanol–water partition coefficient (Wildman–Crippen LogP) is 4.22. The Hall–Kier alpha value is -2.67. The van der Waals surface area contributed by atoms with E-state index in [1.807, 2.05) is 0 Å². The lowest BCUT2D eigenvalue weighted by Gasteiger charge is -2.30. The molecule has 1 aliphatic heterocycles. The number of pyridine rings is 1. The van der Waals surface area contributed by atoms with Crippen molar-refractivity contribution >= 4 is 33.4 Å². The van der Waals surface area contributed by atoms with Crippen molar-refractivity contribution in [2.24, 2.45) is 0 Å². The summed E-state index contributed by atoms with van der Waals surface area (Å²) in [5.74, 6) is -0.774. The van der Waals surface area contributed by atoms with Gasteiger partial charge in [-0.15, -0.1) is 0 Å². The van der Waals surface area contributed by atoms with Crippen LogP contribution in [0.25, 0.3) is 5.76 Å². The van der Waals surface area contributed by atoms with Crippen molar-refractivity contribution < 1.29 is 19.4 Å². The molecule has 2 heterocycles. The second-order valence-electron chi connectivity index (χ2n) is 7.27. The van der Waals surface area contributed by atoms with Crippen LogP contribution < -0.4 is 4.74 Å². The van der Waals surface area contributed by atoms with Crippen LogP contribution in [0.15, 0.2) is 52.8 Å². The van der Waals surface area contributed by atoms with Gasteiger partial charge in [0.25, 0.3) is 11.7 Å². The summed E-state index contributed by atoms with van der Waals surface area (Å²) >= 11 is 3.41. The first kappa shape index (κ1) is 19.6. The van der Waals surface area contributed by atoms with E-state index >= 15 is 0 Å². The number of ketones is 1. The number of carbonyl (C=O) groups is 2. The highest BCUT2D eigenvalue weighted by molar-refractivity contribution is 9.10. The first-order chi connectivity index (χ1) is 14.0. The van der Waals surface area contributed by atoms with Gasteiger partial charge in [-0.1, -0.05) is 12.8 Å². The molecule has 1 atom stereocenters. The largest absolute Gasteiger partial charge is 0.507 e. The third kappa shape index (κ3) is 3.44. The first-order valence-electron chi connectivity index (χ1n) is 9.57. The number of rotatable bonds is 4. The quantitative estimate of drug-likeness (QED) is 0.423. The van der Waals surface area contributed by atoms with E-state index in [1.54, 1.807) is 54.7 Å². The van der Waals surface area contributed by atoms with Gasteiger partial charge in [-0.25, -0.2) is 0 Å². The van der Waals surface area contributed by atoms with Gasteiger partial charge in [-0.05, 0) is 64.7 Å². The lowest BCUT2D eigenvalue weighted by atomic mass is 9.95. The van der Waals surface area contributed by atoms with E-state index in [4.69, 9.17) is 4.74 Å². The molecule has 1 unspecified atom stereocenters. The van der Waals surface area contributed by atoms with Crippen LogP contribution in [0.1, 0.15) is 42.9 Å². The van der Waals surface area contributed by atoms with Crippen molar-refractivity contribution in [3.05, 3.63) is 63.9 Å². The summed E-state index contributed by atoms with van der Waals surface area (Å²) in [6.45, 7) is 0. The molecule has 1 aliphatic carbocycles. The number of hydrogen-bond donors (Lipinski definition) is 1. The number of methoxy groups -OCH3 is 1. The minimum absolute atomic E-state index is 0.00230. The molecule has 1 aromatic carbocycles. The Balaban J connectivity index is 1.87. The van der Waals surface area contributed by atoms with E-state index in [1.165, 1.54) is 0 Å². The second kappa shape index (κ2) is 7.99. The number of likely N-dealkylation sites (tertiary alicyclic amines) is 1. The lowest BCUT2D eigenvalue weighted by molar-refractivity contribution is -0.141. The molecular formula is C22H21BrN2O4. The smallest absolute Gasteiger partial charge is 0.295 e. The average Bonchev–Trinajstić information content (AvgIpc) is 3.35. The topological polar surface area (TPSA) is 79.7 Å². The SMILES string of the molecule is COc1ccc(/C(O)=C2/C(=O)C(=O)N(C3CCCC3)C2c2ccncc2)cc1Br. The highest BCUT2D eigenvalue weighted by Crippen LogP contribution is 2.43. The number of hydrogen-bond acceptors (Lipinski definition) is 5. The zero-order valence-corrected chi connectivity index (χ0v) is 17.6. The van der Waals surface area contributed by atoms with Gasteiger partial charge in [0.1, 0.15) is 11.5 Å². The van der Waals surface area contributed by atoms with Crippen LogP contribution >= 0.6 is 15.9 Å². The molecule has 1 saturated carbocycles. The van der Waals surface area contributed by atoms with Crippen molar-refractivity contribution in [2.45, 2.75) is 37.8 Å². The van der Waals surface area contributed by atoms with Crippen molar-refractivity contribution in [3.8, 4) is 5.75 Å². The summed E-state index contributed by atoms with van der Waals surface area (Å²) in [6, 6.07) is 8.00. The van der Waals surface area contributed by atoms with E-state index < -0.39 is 17.7 Å². The molecule has 2 aliphatic rings. The normalized spacial score (nSPS) is 21.7. The molecule has 1 amide bonds. The fourth-order valence-corrected chi connectivity index (χ4v) is 4.79. The van der Waals surface area contributed by atoms with Crippen molar-refractivity contribution in [2.75, 3.05) is 7.11 Å². The van der Waals surface area contributed by atoms with Crippen LogP contribution in [0.2, 0.25) is 0 Å². The number of halogens is 1. The van der Waals surface area contributed by atoms with Crippen LogP contribution in [0.5, 0.6) is 5.75 Å². The minimum Gasteiger partial charge on any atom is -0.507 e. The number of ether oxygens (including phenoxy) is 1. The Morgan fingerprint density at radius 1 is 1.17 bits per heavy atom. The van der Waals surface area contributed by atoms with E-state index in [0.29, 0.717) is 15.8 Å². The van der Waals surface area contributed by atoms with Crippen molar-refractivity contribution in [1.82, 2.24) is 9.88 Å². The maximum Gasteiger partial charge on any atom is 0.295 e. The zero-order valence-electron chi connectivity index (χ0n) is 16.0. The van der Waals surface area contributed by atoms with E-state index in [0.717, 1.165) is 31.2 Å². The Kier molecular flexibility index (Phi) is 5.41. The molecule has 7 heteroatoms. The molecule has 2 fully saturated rings. The lowest BCUT2D eigenvalue weighted by Crippen LogP contribution is -2.37. The number of aliphatic hydroxyl groups is 1. The van der Waals surface area contributed by atoms with Gasteiger partial charge >= 0.3 is 0 Å². The predicted molar refractivity (Wildman–Crippen MR) is 111 cm³/mol. The van der Waals surface area contributed by atoms with Crippen LogP contribution in [0.4, 0.5) is 0 Å². The molecular weight excluding hydrogens is 436 g/mol. The Morgan fingerprint density at radius 3 is 2.48 bits per heavy atom. The average molecular weight is 457 g/mol. The van der Waals surface area contributed by atoms with E-state index in [-0.39, 0.29) is 17.4 Å². The van der Waals surface area contributed by atoms with E-state index in [9.17, 15) is 14.7 Å². The number of aliphatic hydroxyl groups excluding tert-OH is 1. The van der Waals surface area contributed by atoms with Crippen molar-refractivity contribution in [1.29, 1.82) is 0 Å². The number of amides is 1. The molecule has 4 rings (SSSR count). The van der Waals surface area contributed by atoms with Gasteiger partial charge in [0, 0.05) is 24.0 Å². The summed E-state index contributed by atoms with van der Waals surface area (Å²) in [7, 11) is 1.55. The minimum atomic E-state index is -0.650. The molecule has 29 heavy (non-hydrogen) atoms. The molecule has 2 aromatic rings. The summed E-state index contributed by atoms with van der Waals surface area (Å²) in [6.07, 6.45) is 7.05. The summed E-state index contributed by atoms with van der Waals surface area (Å²) in [5, 5.41) is 11.1. The number of nitrogens with zero attached hydrogens (tertiary/aromatic N) is 2. The number of Topliss-reactive ketones (excluding diaryl/α,β-unsaturated/α-hetero) is 1. The monoisotopic (exact) mass is 456 g/mol. The number of aromatic nitrogens is 1. The first-order valence-corrected chi connectivity index (χ1v) is 10.4. The van der Waals surface area contributed by atoms with Gasteiger partial charge in [-0.3, -0.25) is 14.6 Å². The summed E-state index contributed by atoms with van der Waals surface area (Å²) < 4.78 is 5.89. The molecule has 1 saturated heterocycles. The molecule has 6 nitrogen and oxygen atoms in total. The number of carbonyl (C=O) groups excluding carboxylic acids is 2. The molecule has 150 valence electrons. The van der Waals surface area contributed by atoms with E-state index in [2.05, 4.69) is 20.9 Å².